The van der Waals surface area contributed by atoms with Crippen molar-refractivity contribution in [3.05, 3.63) is 82.7 Å². The number of carbonyl (C=O) groups excluding carboxylic acids is 1. The number of aromatic nitrogens is 4. The molecule has 0 saturated carbocycles. The first-order valence-corrected chi connectivity index (χ1v) is 13.6. The highest BCUT2D eigenvalue weighted by atomic mass is 32.2. The second-order valence-electron chi connectivity index (χ2n) is 8.73. The SMILES string of the molecule is Cc1ccccc1-n1c(SCC(=O)N2CCCC2c2cccs2)nnc1-c1c[nH]c2ccccc12. The van der Waals surface area contributed by atoms with Crippen LogP contribution in [0.1, 0.15) is 29.3 Å². The molecule has 6 nitrogen and oxygen atoms in total. The van der Waals surface area contributed by atoms with E-state index < -0.39 is 0 Å². The van der Waals surface area contributed by atoms with E-state index in [0.717, 1.165) is 58.1 Å². The van der Waals surface area contributed by atoms with Gasteiger partial charge in [0, 0.05) is 34.1 Å². The van der Waals surface area contributed by atoms with E-state index in [2.05, 4.69) is 68.5 Å². The minimum atomic E-state index is 0.152. The van der Waals surface area contributed by atoms with Gasteiger partial charge in [-0.1, -0.05) is 54.2 Å². The third kappa shape index (κ3) is 4.06. The number of nitrogens with zero attached hydrogens (tertiary/aromatic N) is 4. The van der Waals surface area contributed by atoms with Crippen molar-refractivity contribution in [2.45, 2.75) is 31.0 Å². The smallest absolute Gasteiger partial charge is 0.233 e. The minimum absolute atomic E-state index is 0.152. The van der Waals surface area contributed by atoms with Gasteiger partial charge in [-0.15, -0.1) is 21.5 Å². The summed E-state index contributed by atoms with van der Waals surface area (Å²) in [5, 5.41) is 13.1. The number of amides is 1. The lowest BCUT2D eigenvalue weighted by Gasteiger charge is -2.23. The molecule has 35 heavy (non-hydrogen) atoms. The number of H-pyrrole nitrogens is 1. The van der Waals surface area contributed by atoms with Gasteiger partial charge in [-0.2, -0.15) is 0 Å². The molecule has 1 unspecified atom stereocenters. The van der Waals surface area contributed by atoms with Crippen LogP contribution in [0.4, 0.5) is 0 Å². The molecule has 1 amide bonds. The van der Waals surface area contributed by atoms with Crippen LogP contribution in [0.2, 0.25) is 0 Å². The summed E-state index contributed by atoms with van der Waals surface area (Å²) in [5.74, 6) is 1.25. The Morgan fingerprint density at radius 2 is 1.97 bits per heavy atom. The Balaban J connectivity index is 1.34. The molecule has 1 saturated heterocycles. The van der Waals surface area contributed by atoms with Crippen molar-refractivity contribution in [3.63, 3.8) is 0 Å². The van der Waals surface area contributed by atoms with Gasteiger partial charge >= 0.3 is 0 Å². The molecule has 4 heterocycles. The minimum Gasteiger partial charge on any atom is -0.360 e. The van der Waals surface area contributed by atoms with Crippen molar-refractivity contribution in [1.82, 2.24) is 24.6 Å². The zero-order valence-corrected chi connectivity index (χ0v) is 21.0. The molecule has 176 valence electrons. The summed E-state index contributed by atoms with van der Waals surface area (Å²) < 4.78 is 2.09. The average molecular weight is 500 g/mol. The zero-order valence-electron chi connectivity index (χ0n) is 19.3. The standard InChI is InChI=1S/C27H25N5OS2/c1-18-8-2-5-11-22(18)32-26(20-16-28-21-10-4-3-9-19(20)21)29-30-27(32)35-17-25(33)31-14-6-12-23(31)24-13-7-15-34-24/h2-5,7-11,13,15-16,23,28H,6,12,14,17H2,1H3. The zero-order chi connectivity index (χ0) is 23.8. The van der Waals surface area contributed by atoms with Crippen LogP contribution in [0.5, 0.6) is 0 Å². The largest absolute Gasteiger partial charge is 0.360 e. The highest BCUT2D eigenvalue weighted by Crippen LogP contribution is 2.36. The van der Waals surface area contributed by atoms with Crippen LogP contribution in [0.25, 0.3) is 28.0 Å². The predicted molar refractivity (Wildman–Crippen MR) is 142 cm³/mol. The molecule has 1 aliphatic rings. The number of thioether (sulfide) groups is 1. The van der Waals surface area contributed by atoms with E-state index in [1.165, 1.54) is 16.6 Å². The van der Waals surface area contributed by atoms with Crippen LogP contribution >= 0.6 is 23.1 Å². The summed E-state index contributed by atoms with van der Waals surface area (Å²) in [6.45, 7) is 2.90. The van der Waals surface area contributed by atoms with Crippen molar-refractivity contribution < 1.29 is 4.79 Å². The molecular weight excluding hydrogens is 474 g/mol. The van der Waals surface area contributed by atoms with E-state index >= 15 is 0 Å². The first kappa shape index (κ1) is 22.1. The molecule has 1 atom stereocenters. The van der Waals surface area contributed by atoms with E-state index in [-0.39, 0.29) is 11.9 Å². The van der Waals surface area contributed by atoms with Crippen LogP contribution in [-0.2, 0) is 4.79 Å². The molecule has 0 bridgehead atoms. The fourth-order valence-electron chi connectivity index (χ4n) is 4.88. The number of benzene rings is 2. The second-order valence-corrected chi connectivity index (χ2v) is 10.6. The molecule has 1 N–H and O–H groups in total. The number of aromatic amines is 1. The molecule has 5 aromatic rings. The Hall–Kier alpha value is -3.36. The quantitative estimate of drug-likeness (QED) is 0.281. The molecule has 0 spiro atoms. The van der Waals surface area contributed by atoms with Crippen LogP contribution < -0.4 is 0 Å². The van der Waals surface area contributed by atoms with Gasteiger partial charge in [-0.05, 0) is 48.9 Å². The summed E-state index contributed by atoms with van der Waals surface area (Å²) in [5.41, 5.74) is 4.19. The van der Waals surface area contributed by atoms with Crippen molar-refractivity contribution in [2.75, 3.05) is 12.3 Å². The molecule has 3 aromatic heterocycles. The Labute approximate surface area is 212 Å². The van der Waals surface area contributed by atoms with Crippen LogP contribution in [0.3, 0.4) is 0 Å². The van der Waals surface area contributed by atoms with Crippen molar-refractivity contribution in [1.29, 1.82) is 0 Å². The number of hydrogen-bond acceptors (Lipinski definition) is 5. The number of para-hydroxylation sites is 2. The highest BCUT2D eigenvalue weighted by molar-refractivity contribution is 7.99. The summed E-state index contributed by atoms with van der Waals surface area (Å²) in [6.07, 6.45) is 4.06. The Morgan fingerprint density at radius 3 is 2.83 bits per heavy atom. The van der Waals surface area contributed by atoms with Crippen LogP contribution in [0, 0.1) is 6.92 Å². The van der Waals surface area contributed by atoms with Crippen LogP contribution in [-0.4, -0.2) is 42.9 Å². The number of rotatable bonds is 6. The molecule has 2 aromatic carbocycles. The van der Waals surface area contributed by atoms with E-state index in [1.807, 2.05) is 35.4 Å². The maximum atomic E-state index is 13.3. The average Bonchev–Trinajstić information content (AvgIpc) is 3.68. The molecule has 6 rings (SSSR count). The van der Waals surface area contributed by atoms with Crippen molar-refractivity contribution >= 4 is 39.9 Å². The van der Waals surface area contributed by atoms with E-state index in [0.29, 0.717) is 5.75 Å². The Morgan fingerprint density at radius 1 is 1.11 bits per heavy atom. The normalized spacial score (nSPS) is 15.8. The van der Waals surface area contributed by atoms with Gasteiger partial charge < -0.3 is 9.88 Å². The lowest BCUT2D eigenvalue weighted by atomic mass is 10.1. The van der Waals surface area contributed by atoms with Crippen LogP contribution in [0.15, 0.2) is 77.4 Å². The Kier molecular flexibility index (Phi) is 5.91. The fraction of sp³-hybridized carbons (Fsp3) is 0.222. The predicted octanol–water partition coefficient (Wildman–Crippen LogP) is 6.24. The number of fused-ring (bicyclic) bond motifs is 1. The molecule has 8 heteroatoms. The first-order chi connectivity index (χ1) is 17.2. The van der Waals surface area contributed by atoms with Gasteiger partial charge in [-0.3, -0.25) is 9.36 Å². The summed E-state index contributed by atoms with van der Waals surface area (Å²) in [7, 11) is 0. The molecule has 0 aliphatic carbocycles. The topological polar surface area (TPSA) is 66.8 Å². The third-order valence-corrected chi connectivity index (χ3v) is 8.48. The maximum Gasteiger partial charge on any atom is 0.233 e. The lowest BCUT2D eigenvalue weighted by Crippen LogP contribution is -2.31. The molecule has 1 fully saturated rings. The van der Waals surface area contributed by atoms with Gasteiger partial charge in [0.1, 0.15) is 0 Å². The highest BCUT2D eigenvalue weighted by Gasteiger charge is 2.31. The third-order valence-electron chi connectivity index (χ3n) is 6.59. The number of hydrogen-bond donors (Lipinski definition) is 1. The second kappa shape index (κ2) is 9.36. The molecule has 0 radical (unpaired) electrons. The number of nitrogens with one attached hydrogen (secondary N) is 1. The van der Waals surface area contributed by atoms with Crippen molar-refractivity contribution in [3.8, 4) is 17.1 Å². The number of likely N-dealkylation sites (tertiary alicyclic amines) is 1. The van der Waals surface area contributed by atoms with E-state index in [1.54, 1.807) is 11.3 Å². The van der Waals surface area contributed by atoms with Gasteiger partial charge in [-0.25, -0.2) is 0 Å². The van der Waals surface area contributed by atoms with Gasteiger partial charge in [0.2, 0.25) is 5.91 Å². The van der Waals surface area contributed by atoms with Gasteiger partial charge in [0.25, 0.3) is 0 Å². The summed E-state index contributed by atoms with van der Waals surface area (Å²) in [4.78, 5) is 19.9. The van der Waals surface area contributed by atoms with Gasteiger partial charge in [0.05, 0.1) is 17.5 Å². The number of thiophene rings is 1. The monoisotopic (exact) mass is 499 g/mol. The number of aryl methyl sites for hydroxylation is 1. The van der Waals surface area contributed by atoms with Crippen molar-refractivity contribution in [2.24, 2.45) is 0 Å². The summed E-state index contributed by atoms with van der Waals surface area (Å²) in [6, 6.07) is 20.8. The fourth-order valence-corrected chi connectivity index (χ4v) is 6.58. The van der Waals surface area contributed by atoms with E-state index in [4.69, 9.17) is 0 Å². The molecular formula is C27H25N5OS2. The summed E-state index contributed by atoms with van der Waals surface area (Å²) >= 11 is 3.19. The van der Waals surface area contributed by atoms with E-state index in [9.17, 15) is 4.79 Å². The maximum absolute atomic E-state index is 13.3. The first-order valence-electron chi connectivity index (χ1n) is 11.7. The number of carbonyl (C=O) groups is 1. The lowest BCUT2D eigenvalue weighted by molar-refractivity contribution is -0.129. The van der Waals surface area contributed by atoms with Gasteiger partial charge in [0.15, 0.2) is 11.0 Å². The molecule has 1 aliphatic heterocycles. The Bertz CT molecular complexity index is 1490.